The molecular weight excluding hydrogens is 456 g/mol. The number of hydrogen-bond donors (Lipinski definition) is 1. The van der Waals surface area contributed by atoms with Gasteiger partial charge < -0.3 is 15.5 Å². The van der Waals surface area contributed by atoms with Crippen molar-refractivity contribution in [1.82, 2.24) is 14.9 Å². The first-order valence-corrected chi connectivity index (χ1v) is 11.7. The molecule has 0 aliphatic carbocycles. The van der Waals surface area contributed by atoms with Crippen molar-refractivity contribution >= 4 is 35.1 Å². The number of amides is 1. The molecule has 1 amide bonds. The van der Waals surface area contributed by atoms with Crippen molar-refractivity contribution in [3.63, 3.8) is 0 Å². The largest absolute Gasteiger partial charge is 0.435 e. The molecule has 0 fully saturated rings. The van der Waals surface area contributed by atoms with Gasteiger partial charge in [0, 0.05) is 22.3 Å². The van der Waals surface area contributed by atoms with E-state index in [0.29, 0.717) is 28.3 Å². The maximum absolute atomic E-state index is 13.0. The number of benzene rings is 2. The van der Waals surface area contributed by atoms with Crippen LogP contribution < -0.4 is 15.5 Å². The Morgan fingerprint density at radius 2 is 2.00 bits per heavy atom. The van der Waals surface area contributed by atoms with Crippen LogP contribution in [-0.4, -0.2) is 44.9 Å². The van der Waals surface area contributed by atoms with E-state index >= 15 is 0 Å². The molecule has 0 saturated heterocycles. The highest BCUT2D eigenvalue weighted by atomic mass is 32.2. The number of alkyl halides is 2. The molecule has 1 atom stereocenters. The van der Waals surface area contributed by atoms with Crippen LogP contribution >= 0.6 is 23.5 Å². The molecular formula is C21H21F2N5O2S2. The first-order chi connectivity index (χ1) is 15.4. The first kappa shape index (κ1) is 22.4. The molecule has 1 aliphatic heterocycles. The van der Waals surface area contributed by atoms with Crippen LogP contribution in [0, 0.1) is 0 Å². The van der Waals surface area contributed by atoms with Crippen LogP contribution in [0.4, 0.5) is 14.5 Å². The van der Waals surface area contributed by atoms with Crippen molar-refractivity contribution < 1.29 is 18.3 Å². The first-order valence-electron chi connectivity index (χ1n) is 9.87. The number of aromatic nitrogens is 3. The van der Waals surface area contributed by atoms with Crippen molar-refractivity contribution in [1.29, 1.82) is 0 Å². The van der Waals surface area contributed by atoms with Gasteiger partial charge in [0.1, 0.15) is 5.75 Å². The minimum absolute atomic E-state index is 0.0322. The third-order valence-electron chi connectivity index (χ3n) is 4.87. The number of halogens is 2. The van der Waals surface area contributed by atoms with Gasteiger partial charge in [0.05, 0.1) is 11.4 Å². The second-order valence-electron chi connectivity index (χ2n) is 7.10. The van der Waals surface area contributed by atoms with E-state index < -0.39 is 6.61 Å². The zero-order valence-electron chi connectivity index (χ0n) is 17.1. The molecule has 11 heteroatoms. The Bertz CT molecular complexity index is 1090. The van der Waals surface area contributed by atoms with Crippen LogP contribution in [0.25, 0.3) is 11.4 Å². The number of nitrogens with two attached hydrogens (primary N) is 1. The monoisotopic (exact) mass is 477 g/mol. The Balaban J connectivity index is 1.45. The number of anilines is 1. The van der Waals surface area contributed by atoms with E-state index in [0.717, 1.165) is 17.0 Å². The smallest absolute Gasteiger partial charge is 0.387 e. The second-order valence-corrected chi connectivity index (χ2v) is 9.52. The molecule has 2 aromatic carbocycles. The summed E-state index contributed by atoms with van der Waals surface area (Å²) in [5.41, 5.74) is 1.51. The summed E-state index contributed by atoms with van der Waals surface area (Å²) in [7, 11) is 0. The SMILES string of the molecule is CC1CCN(C(=O)CSc2nnc(-c3ccc(OC(F)F)cc3)n2N)c2ccccc2S1. The minimum atomic E-state index is -2.89. The lowest BCUT2D eigenvalue weighted by Crippen LogP contribution is -2.33. The lowest BCUT2D eigenvalue weighted by atomic mass is 10.2. The van der Waals surface area contributed by atoms with Crippen LogP contribution in [0.1, 0.15) is 13.3 Å². The third kappa shape index (κ3) is 4.99. The molecule has 4 rings (SSSR count). The molecule has 0 spiro atoms. The predicted molar refractivity (Wildman–Crippen MR) is 122 cm³/mol. The van der Waals surface area contributed by atoms with E-state index in [-0.39, 0.29) is 17.4 Å². The van der Waals surface area contributed by atoms with Gasteiger partial charge in [-0.1, -0.05) is 30.8 Å². The summed E-state index contributed by atoms with van der Waals surface area (Å²) >= 11 is 2.98. The molecule has 7 nitrogen and oxygen atoms in total. The normalized spacial score (nSPS) is 16.0. The van der Waals surface area contributed by atoms with Crippen LogP contribution in [0.3, 0.4) is 0 Å². The fourth-order valence-electron chi connectivity index (χ4n) is 3.31. The van der Waals surface area contributed by atoms with Gasteiger partial charge in [-0.25, -0.2) is 4.68 Å². The van der Waals surface area contributed by atoms with Crippen LogP contribution in [0.15, 0.2) is 58.6 Å². The molecule has 0 bridgehead atoms. The molecule has 0 radical (unpaired) electrons. The second kappa shape index (κ2) is 9.78. The number of para-hydroxylation sites is 1. The molecule has 1 aromatic heterocycles. The fraction of sp³-hybridized carbons (Fsp3) is 0.286. The number of carbonyl (C=O) groups is 1. The summed E-state index contributed by atoms with van der Waals surface area (Å²) in [5.74, 6) is 6.65. The average Bonchev–Trinajstić information content (AvgIpc) is 3.04. The maximum Gasteiger partial charge on any atom is 0.387 e. The van der Waals surface area contributed by atoms with E-state index in [1.165, 1.54) is 28.6 Å². The summed E-state index contributed by atoms with van der Waals surface area (Å²) in [6.07, 6.45) is 0.901. The molecule has 1 unspecified atom stereocenters. The van der Waals surface area contributed by atoms with Crippen LogP contribution in [-0.2, 0) is 4.79 Å². The number of thioether (sulfide) groups is 2. The number of ether oxygens (including phenoxy) is 1. The zero-order chi connectivity index (χ0) is 22.7. The number of carbonyl (C=O) groups excluding carboxylic acids is 1. The van der Waals surface area contributed by atoms with Crippen molar-refractivity contribution in [2.24, 2.45) is 0 Å². The van der Waals surface area contributed by atoms with E-state index in [1.807, 2.05) is 29.2 Å². The quantitative estimate of drug-likeness (QED) is 0.419. The topological polar surface area (TPSA) is 86.3 Å². The van der Waals surface area contributed by atoms with Crippen molar-refractivity contribution in [2.75, 3.05) is 23.0 Å². The molecule has 0 saturated carbocycles. The number of nitrogen functional groups attached to an aromatic ring is 1. The molecule has 168 valence electrons. The van der Waals surface area contributed by atoms with E-state index in [9.17, 15) is 13.6 Å². The van der Waals surface area contributed by atoms with Gasteiger partial charge in [-0.05, 0) is 42.8 Å². The van der Waals surface area contributed by atoms with Crippen molar-refractivity contribution in [3.05, 3.63) is 48.5 Å². The highest BCUT2D eigenvalue weighted by molar-refractivity contribution is 8.00. The van der Waals surface area contributed by atoms with Gasteiger partial charge in [-0.15, -0.1) is 22.0 Å². The van der Waals surface area contributed by atoms with Gasteiger partial charge in [0.15, 0.2) is 5.82 Å². The van der Waals surface area contributed by atoms with E-state index in [4.69, 9.17) is 5.84 Å². The van der Waals surface area contributed by atoms with Gasteiger partial charge >= 0.3 is 6.61 Å². The molecule has 1 aliphatic rings. The summed E-state index contributed by atoms with van der Waals surface area (Å²) in [4.78, 5) is 15.9. The minimum Gasteiger partial charge on any atom is -0.435 e. The maximum atomic E-state index is 13.0. The summed E-state index contributed by atoms with van der Waals surface area (Å²) in [5, 5.41) is 8.96. The predicted octanol–water partition coefficient (Wildman–Crippen LogP) is 4.27. The number of hydrogen-bond acceptors (Lipinski definition) is 7. The Morgan fingerprint density at radius 1 is 1.25 bits per heavy atom. The van der Waals surface area contributed by atoms with Gasteiger partial charge in [-0.3, -0.25) is 4.79 Å². The summed E-state index contributed by atoms with van der Waals surface area (Å²) < 4.78 is 30.3. The third-order valence-corrected chi connectivity index (χ3v) is 7.04. The zero-order valence-corrected chi connectivity index (χ0v) is 18.8. The average molecular weight is 478 g/mol. The molecule has 32 heavy (non-hydrogen) atoms. The highest BCUT2D eigenvalue weighted by Gasteiger charge is 2.25. The van der Waals surface area contributed by atoms with E-state index in [2.05, 4.69) is 21.9 Å². The van der Waals surface area contributed by atoms with Crippen molar-refractivity contribution in [2.45, 2.75) is 35.3 Å². The molecule has 2 heterocycles. The molecule has 3 aromatic rings. The molecule has 2 N–H and O–H groups in total. The highest BCUT2D eigenvalue weighted by Crippen LogP contribution is 2.37. The summed E-state index contributed by atoms with van der Waals surface area (Å²) in [6, 6.07) is 13.9. The van der Waals surface area contributed by atoms with Gasteiger partial charge in [-0.2, -0.15) is 8.78 Å². The van der Waals surface area contributed by atoms with Crippen molar-refractivity contribution in [3.8, 4) is 17.1 Å². The summed E-state index contributed by atoms with van der Waals surface area (Å²) in [6.45, 7) is -0.0787. The Kier molecular flexibility index (Phi) is 6.85. The number of nitrogens with zero attached hydrogens (tertiary/aromatic N) is 4. The number of rotatable bonds is 6. The Morgan fingerprint density at radius 3 is 2.75 bits per heavy atom. The Hall–Kier alpha value is -2.79. The van der Waals surface area contributed by atoms with Crippen LogP contribution in [0.5, 0.6) is 5.75 Å². The standard InChI is InChI=1S/C21H21F2N5O2S2/c1-13-10-11-27(16-4-2-3-5-17(16)32-13)18(29)12-31-21-26-25-19(28(21)24)14-6-8-15(9-7-14)30-20(22)23/h2-9,13,20H,10-12,24H2,1H3. The lowest BCUT2D eigenvalue weighted by molar-refractivity contribution is -0.116. The lowest BCUT2D eigenvalue weighted by Gasteiger charge is -2.22. The van der Waals surface area contributed by atoms with Crippen LogP contribution in [0.2, 0.25) is 0 Å². The van der Waals surface area contributed by atoms with Gasteiger partial charge in [0.25, 0.3) is 0 Å². The number of fused-ring (bicyclic) bond motifs is 1. The van der Waals surface area contributed by atoms with E-state index in [1.54, 1.807) is 23.9 Å². The Labute approximate surface area is 192 Å². The fourth-order valence-corrected chi connectivity index (χ4v) is 5.15. The van der Waals surface area contributed by atoms with Gasteiger partial charge in [0.2, 0.25) is 11.1 Å².